The average Bonchev–Trinajstić information content (AvgIpc) is 2.39. The molecule has 0 spiro atoms. The molecule has 1 aromatic carbocycles. The number of nitrogens with zero attached hydrogens (tertiary/aromatic N) is 1. The van der Waals surface area contributed by atoms with Crippen molar-refractivity contribution < 1.29 is 9.53 Å². The Balaban J connectivity index is 1.93. The summed E-state index contributed by atoms with van der Waals surface area (Å²) >= 11 is 0. The van der Waals surface area contributed by atoms with Crippen LogP contribution >= 0.6 is 0 Å². The molecule has 94 valence electrons. The highest BCUT2D eigenvalue weighted by Gasteiger charge is 2.01. The fourth-order valence-corrected chi connectivity index (χ4v) is 1.68. The summed E-state index contributed by atoms with van der Waals surface area (Å²) in [4.78, 5) is 15.5. The number of pyridine rings is 1. The molecule has 0 radical (unpaired) electrons. The van der Waals surface area contributed by atoms with Crippen molar-refractivity contribution >= 4 is 16.8 Å². The third-order valence-corrected chi connectivity index (χ3v) is 2.54. The molecule has 1 heterocycles. The molecule has 0 saturated heterocycles. The van der Waals surface area contributed by atoms with E-state index in [1.54, 1.807) is 6.20 Å². The van der Waals surface area contributed by atoms with Crippen molar-refractivity contribution in [2.75, 3.05) is 13.2 Å². The topological polar surface area (TPSA) is 51.2 Å². The SMILES string of the molecule is CCNC(=O)CCOc1cnc2ccccc2c1. The molecule has 2 aromatic rings. The van der Waals surface area contributed by atoms with Crippen LogP contribution < -0.4 is 10.1 Å². The fraction of sp³-hybridized carbons (Fsp3) is 0.286. The minimum Gasteiger partial charge on any atom is -0.491 e. The first-order valence-electron chi connectivity index (χ1n) is 6.04. The Morgan fingerprint density at radius 3 is 3.06 bits per heavy atom. The van der Waals surface area contributed by atoms with Gasteiger partial charge in [0.25, 0.3) is 0 Å². The molecule has 0 bridgehead atoms. The summed E-state index contributed by atoms with van der Waals surface area (Å²) in [7, 11) is 0. The van der Waals surface area contributed by atoms with Crippen LogP contribution in [-0.2, 0) is 4.79 Å². The van der Waals surface area contributed by atoms with Crippen molar-refractivity contribution in [3.63, 3.8) is 0 Å². The van der Waals surface area contributed by atoms with Gasteiger partial charge in [-0.1, -0.05) is 18.2 Å². The highest BCUT2D eigenvalue weighted by atomic mass is 16.5. The van der Waals surface area contributed by atoms with Gasteiger partial charge in [0.05, 0.1) is 24.7 Å². The molecule has 0 aliphatic carbocycles. The number of hydrogen-bond acceptors (Lipinski definition) is 3. The number of hydrogen-bond donors (Lipinski definition) is 1. The maximum absolute atomic E-state index is 11.2. The van der Waals surface area contributed by atoms with Crippen molar-refractivity contribution in [1.29, 1.82) is 0 Å². The molecule has 0 aliphatic heterocycles. The van der Waals surface area contributed by atoms with Crippen molar-refractivity contribution in [3.05, 3.63) is 36.5 Å². The summed E-state index contributed by atoms with van der Waals surface area (Å²) in [6.07, 6.45) is 2.04. The second kappa shape index (κ2) is 6.00. The van der Waals surface area contributed by atoms with E-state index in [4.69, 9.17) is 4.74 Å². The summed E-state index contributed by atoms with van der Waals surface area (Å²) in [6.45, 7) is 2.91. The van der Waals surface area contributed by atoms with Gasteiger partial charge < -0.3 is 10.1 Å². The number of para-hydroxylation sites is 1. The lowest BCUT2D eigenvalue weighted by molar-refractivity contribution is -0.121. The van der Waals surface area contributed by atoms with Crippen LogP contribution in [-0.4, -0.2) is 24.0 Å². The van der Waals surface area contributed by atoms with Crippen LogP contribution in [0, 0.1) is 0 Å². The van der Waals surface area contributed by atoms with Crippen molar-refractivity contribution in [3.8, 4) is 5.75 Å². The van der Waals surface area contributed by atoms with Crippen LogP contribution in [0.15, 0.2) is 36.5 Å². The highest BCUT2D eigenvalue weighted by Crippen LogP contribution is 2.17. The lowest BCUT2D eigenvalue weighted by Crippen LogP contribution is -2.24. The lowest BCUT2D eigenvalue weighted by atomic mass is 10.2. The molecule has 2 rings (SSSR count). The number of benzene rings is 1. The van der Waals surface area contributed by atoms with Crippen LogP contribution in [0.4, 0.5) is 0 Å². The molecule has 0 saturated carbocycles. The van der Waals surface area contributed by atoms with Gasteiger partial charge in [0.2, 0.25) is 5.91 Å². The van der Waals surface area contributed by atoms with Crippen molar-refractivity contribution in [2.45, 2.75) is 13.3 Å². The normalized spacial score (nSPS) is 10.3. The largest absolute Gasteiger partial charge is 0.491 e. The van der Waals surface area contributed by atoms with Crippen LogP contribution in [0.5, 0.6) is 5.75 Å². The molecule has 0 atom stereocenters. The zero-order chi connectivity index (χ0) is 12.8. The minimum atomic E-state index is 0.00579. The van der Waals surface area contributed by atoms with Gasteiger partial charge in [-0.2, -0.15) is 0 Å². The molecule has 1 aromatic heterocycles. The zero-order valence-corrected chi connectivity index (χ0v) is 10.3. The number of carbonyl (C=O) groups excluding carboxylic acids is 1. The van der Waals surface area contributed by atoms with Gasteiger partial charge >= 0.3 is 0 Å². The van der Waals surface area contributed by atoms with Gasteiger partial charge in [-0.25, -0.2) is 0 Å². The molecule has 0 fully saturated rings. The standard InChI is InChI=1S/C14H16N2O2/c1-2-15-14(17)7-8-18-12-9-11-5-3-4-6-13(11)16-10-12/h3-6,9-10H,2,7-8H2,1H3,(H,15,17). The lowest BCUT2D eigenvalue weighted by Gasteiger charge is -2.06. The fourth-order valence-electron chi connectivity index (χ4n) is 1.68. The maximum atomic E-state index is 11.2. The summed E-state index contributed by atoms with van der Waals surface area (Å²) in [5.41, 5.74) is 0.938. The second-order valence-corrected chi connectivity index (χ2v) is 3.92. The number of rotatable bonds is 5. The molecule has 1 amide bonds. The van der Waals surface area contributed by atoms with E-state index >= 15 is 0 Å². The van der Waals surface area contributed by atoms with Gasteiger partial charge in [-0.3, -0.25) is 9.78 Å². The van der Waals surface area contributed by atoms with Gasteiger partial charge in [0.15, 0.2) is 0 Å². The molecule has 1 N–H and O–H groups in total. The summed E-state index contributed by atoms with van der Waals surface area (Å²) in [5.74, 6) is 0.698. The van der Waals surface area contributed by atoms with Crippen molar-refractivity contribution in [1.82, 2.24) is 10.3 Å². The van der Waals surface area contributed by atoms with E-state index in [0.29, 0.717) is 25.3 Å². The maximum Gasteiger partial charge on any atom is 0.223 e. The predicted octanol–water partition coefficient (Wildman–Crippen LogP) is 2.14. The number of carbonyl (C=O) groups is 1. The Morgan fingerprint density at radius 1 is 1.39 bits per heavy atom. The molecule has 18 heavy (non-hydrogen) atoms. The quantitative estimate of drug-likeness (QED) is 0.876. The van der Waals surface area contributed by atoms with Crippen LogP contribution in [0.1, 0.15) is 13.3 Å². The molecule has 0 aliphatic rings. The first-order valence-corrected chi connectivity index (χ1v) is 6.04. The monoisotopic (exact) mass is 244 g/mol. The third kappa shape index (κ3) is 3.20. The van der Waals surface area contributed by atoms with Crippen LogP contribution in [0.2, 0.25) is 0 Å². The average molecular weight is 244 g/mol. The molecule has 4 nitrogen and oxygen atoms in total. The van der Waals surface area contributed by atoms with Gasteiger partial charge in [-0.05, 0) is 19.1 Å². The molecule has 4 heteroatoms. The number of aromatic nitrogens is 1. The zero-order valence-electron chi connectivity index (χ0n) is 10.3. The Hall–Kier alpha value is -2.10. The third-order valence-electron chi connectivity index (χ3n) is 2.54. The summed E-state index contributed by atoms with van der Waals surface area (Å²) in [5, 5.41) is 3.76. The smallest absolute Gasteiger partial charge is 0.223 e. The van der Waals surface area contributed by atoms with Crippen LogP contribution in [0.25, 0.3) is 10.9 Å². The number of fused-ring (bicyclic) bond motifs is 1. The van der Waals surface area contributed by atoms with E-state index < -0.39 is 0 Å². The van der Waals surface area contributed by atoms with Crippen LogP contribution in [0.3, 0.4) is 0 Å². The number of amides is 1. The Labute approximate surface area is 106 Å². The Morgan fingerprint density at radius 2 is 2.22 bits per heavy atom. The van der Waals surface area contributed by atoms with Gasteiger partial charge in [-0.15, -0.1) is 0 Å². The molecular formula is C14H16N2O2. The van der Waals surface area contributed by atoms with E-state index in [2.05, 4.69) is 10.3 Å². The molecular weight excluding hydrogens is 228 g/mol. The Kier molecular flexibility index (Phi) is 4.12. The summed E-state index contributed by atoms with van der Waals surface area (Å²) in [6, 6.07) is 9.78. The van der Waals surface area contributed by atoms with Gasteiger partial charge in [0, 0.05) is 11.9 Å². The number of ether oxygens (including phenoxy) is 1. The highest BCUT2D eigenvalue weighted by molar-refractivity contribution is 5.79. The van der Waals surface area contributed by atoms with E-state index in [-0.39, 0.29) is 5.91 Å². The first-order chi connectivity index (χ1) is 8.79. The Bertz CT molecular complexity index is 540. The second-order valence-electron chi connectivity index (χ2n) is 3.92. The van der Waals surface area contributed by atoms with E-state index in [1.807, 2.05) is 37.3 Å². The minimum absolute atomic E-state index is 0.00579. The predicted molar refractivity (Wildman–Crippen MR) is 70.5 cm³/mol. The van der Waals surface area contributed by atoms with Gasteiger partial charge in [0.1, 0.15) is 5.75 Å². The van der Waals surface area contributed by atoms with E-state index in [0.717, 1.165) is 10.9 Å². The van der Waals surface area contributed by atoms with Crippen molar-refractivity contribution in [2.24, 2.45) is 0 Å². The van der Waals surface area contributed by atoms with E-state index in [1.165, 1.54) is 0 Å². The number of nitrogens with one attached hydrogen (secondary N) is 1. The summed E-state index contributed by atoms with van der Waals surface area (Å²) < 4.78 is 5.51. The van der Waals surface area contributed by atoms with E-state index in [9.17, 15) is 4.79 Å². The molecule has 0 unspecified atom stereocenters. The first kappa shape index (κ1) is 12.4.